The van der Waals surface area contributed by atoms with Gasteiger partial charge in [-0.25, -0.2) is 0 Å². The lowest BCUT2D eigenvalue weighted by Crippen LogP contribution is -2.42. The maximum Gasteiger partial charge on any atom is 0.289 e. The van der Waals surface area contributed by atoms with Gasteiger partial charge in [0.1, 0.15) is 0 Å². The van der Waals surface area contributed by atoms with Gasteiger partial charge < -0.3 is 15.2 Å². The molecule has 2 aromatic carbocycles. The van der Waals surface area contributed by atoms with Crippen molar-refractivity contribution in [1.82, 2.24) is 0 Å². The van der Waals surface area contributed by atoms with Gasteiger partial charge in [0.25, 0.3) is 11.7 Å². The second-order valence-electron chi connectivity index (χ2n) is 4.15. The normalized spacial score (nSPS) is 13.6. The minimum Gasteiger partial charge on any atom is -0.354 e. The van der Waals surface area contributed by atoms with Gasteiger partial charge in [0.15, 0.2) is 0 Å². The number of halogens is 1. The van der Waals surface area contributed by atoms with Crippen molar-refractivity contribution in [3.8, 4) is 0 Å². The van der Waals surface area contributed by atoms with Gasteiger partial charge in [0.2, 0.25) is 0 Å². The first-order valence-electron chi connectivity index (χ1n) is 5.97. The average Bonchev–Trinajstić information content (AvgIpc) is 2.48. The van der Waals surface area contributed by atoms with Crippen molar-refractivity contribution >= 4 is 23.2 Å². The molecular formula is C15H14ClNO3. The topological polar surface area (TPSA) is 58.6 Å². The average molecular weight is 292 g/mol. The van der Waals surface area contributed by atoms with Crippen molar-refractivity contribution in [2.24, 2.45) is 0 Å². The Morgan fingerprint density at radius 3 is 2.35 bits per heavy atom. The monoisotopic (exact) mass is 291 g/mol. The lowest BCUT2D eigenvalue weighted by atomic mass is 10.0. The van der Waals surface area contributed by atoms with Crippen LogP contribution < -0.4 is 5.32 Å². The Labute approximate surface area is 122 Å². The third-order valence-electron chi connectivity index (χ3n) is 2.87. The molecule has 0 fully saturated rings. The van der Waals surface area contributed by atoms with Crippen LogP contribution in [0.25, 0.3) is 0 Å². The summed E-state index contributed by atoms with van der Waals surface area (Å²) in [5, 5.41) is 13.3. The van der Waals surface area contributed by atoms with Gasteiger partial charge in [-0.3, -0.25) is 4.79 Å². The first-order valence-corrected chi connectivity index (χ1v) is 6.35. The van der Waals surface area contributed by atoms with Gasteiger partial charge in [0, 0.05) is 23.4 Å². The van der Waals surface area contributed by atoms with Crippen molar-refractivity contribution in [3.63, 3.8) is 0 Å². The molecule has 104 valence electrons. The number of anilines is 1. The zero-order valence-corrected chi connectivity index (χ0v) is 11.6. The molecule has 0 saturated carbocycles. The molecule has 0 radical (unpaired) electrons. The molecule has 0 heterocycles. The Morgan fingerprint density at radius 2 is 1.75 bits per heavy atom. The number of amides is 1. The van der Waals surface area contributed by atoms with Crippen LogP contribution >= 0.6 is 11.6 Å². The first kappa shape index (κ1) is 14.5. The molecule has 2 rings (SSSR count). The molecule has 1 amide bonds. The van der Waals surface area contributed by atoms with E-state index >= 15 is 0 Å². The number of nitrogens with one attached hydrogen (secondary N) is 1. The predicted molar refractivity (Wildman–Crippen MR) is 77.4 cm³/mol. The number of hydrogen-bond acceptors (Lipinski definition) is 3. The van der Waals surface area contributed by atoms with Crippen LogP contribution in [0.15, 0.2) is 54.6 Å². The van der Waals surface area contributed by atoms with Gasteiger partial charge in [-0.1, -0.05) is 48.0 Å². The van der Waals surface area contributed by atoms with E-state index in [4.69, 9.17) is 16.3 Å². The Bertz CT molecular complexity index is 603. The summed E-state index contributed by atoms with van der Waals surface area (Å²) in [6.07, 6.45) is 0. The number of benzene rings is 2. The van der Waals surface area contributed by atoms with Crippen molar-refractivity contribution in [2.45, 2.75) is 5.79 Å². The summed E-state index contributed by atoms with van der Waals surface area (Å²) in [6.45, 7) is 0. The fourth-order valence-corrected chi connectivity index (χ4v) is 2.06. The zero-order valence-electron chi connectivity index (χ0n) is 10.8. The molecule has 0 bridgehead atoms. The molecule has 5 heteroatoms. The number of para-hydroxylation sites is 1. The summed E-state index contributed by atoms with van der Waals surface area (Å²) in [7, 11) is 1.24. The van der Waals surface area contributed by atoms with Crippen LogP contribution in [0.5, 0.6) is 0 Å². The summed E-state index contributed by atoms with van der Waals surface area (Å²) in [6, 6.07) is 15.3. The second-order valence-corrected chi connectivity index (χ2v) is 4.56. The quantitative estimate of drug-likeness (QED) is 0.852. The second kappa shape index (κ2) is 6.05. The molecule has 0 spiro atoms. The van der Waals surface area contributed by atoms with E-state index in [1.54, 1.807) is 42.5 Å². The molecule has 2 N–H and O–H groups in total. The molecule has 20 heavy (non-hydrogen) atoms. The lowest BCUT2D eigenvalue weighted by molar-refractivity contribution is -0.197. The van der Waals surface area contributed by atoms with Crippen LogP contribution in [-0.2, 0) is 15.3 Å². The van der Waals surface area contributed by atoms with Gasteiger partial charge in [0.05, 0.1) is 0 Å². The molecule has 4 nitrogen and oxygen atoms in total. The van der Waals surface area contributed by atoms with Gasteiger partial charge >= 0.3 is 0 Å². The largest absolute Gasteiger partial charge is 0.354 e. The number of carbonyl (C=O) groups is 1. The Morgan fingerprint density at radius 1 is 1.15 bits per heavy atom. The van der Waals surface area contributed by atoms with Crippen LogP contribution in [0.3, 0.4) is 0 Å². The van der Waals surface area contributed by atoms with Crippen molar-refractivity contribution in [1.29, 1.82) is 0 Å². The molecule has 1 atom stereocenters. The van der Waals surface area contributed by atoms with E-state index in [0.29, 0.717) is 5.69 Å². The maximum atomic E-state index is 12.3. The van der Waals surface area contributed by atoms with E-state index in [-0.39, 0.29) is 10.6 Å². The van der Waals surface area contributed by atoms with Gasteiger partial charge in [-0.05, 0) is 18.2 Å². The number of ether oxygens (including phenoxy) is 1. The highest BCUT2D eigenvalue weighted by molar-refractivity contribution is 6.31. The Kier molecular flexibility index (Phi) is 4.39. The summed E-state index contributed by atoms with van der Waals surface area (Å²) in [5.74, 6) is -2.85. The van der Waals surface area contributed by atoms with Crippen LogP contribution in [0.4, 0.5) is 5.69 Å². The van der Waals surface area contributed by atoms with E-state index < -0.39 is 11.7 Å². The van der Waals surface area contributed by atoms with Crippen molar-refractivity contribution in [3.05, 3.63) is 65.2 Å². The van der Waals surface area contributed by atoms with E-state index in [2.05, 4.69) is 5.32 Å². The highest BCUT2D eigenvalue weighted by Gasteiger charge is 2.40. The number of methoxy groups -OCH3 is 1. The highest BCUT2D eigenvalue weighted by atomic mass is 35.5. The summed E-state index contributed by atoms with van der Waals surface area (Å²) in [5.41, 5.74) is 0.748. The summed E-state index contributed by atoms with van der Waals surface area (Å²) in [4.78, 5) is 12.3. The first-order chi connectivity index (χ1) is 9.58. The lowest BCUT2D eigenvalue weighted by Gasteiger charge is -2.26. The smallest absolute Gasteiger partial charge is 0.289 e. The summed E-state index contributed by atoms with van der Waals surface area (Å²) < 4.78 is 5.00. The molecule has 0 aliphatic carbocycles. The highest BCUT2D eigenvalue weighted by Crippen LogP contribution is 2.30. The minimum atomic E-state index is -2.14. The van der Waals surface area contributed by atoms with Crippen molar-refractivity contribution in [2.75, 3.05) is 12.4 Å². The molecule has 0 aliphatic heterocycles. The van der Waals surface area contributed by atoms with Crippen molar-refractivity contribution < 1.29 is 14.6 Å². The molecule has 0 aromatic heterocycles. The number of rotatable bonds is 4. The van der Waals surface area contributed by atoms with Crippen LogP contribution in [0.2, 0.25) is 5.02 Å². The molecule has 0 aliphatic rings. The molecular weight excluding hydrogens is 278 g/mol. The molecule has 0 saturated heterocycles. The Balaban J connectivity index is 2.31. The number of hydrogen-bond donors (Lipinski definition) is 2. The third-order valence-corrected chi connectivity index (χ3v) is 3.20. The number of carbonyl (C=O) groups excluding carboxylic acids is 1. The SMILES string of the molecule is COC(O)(C(=O)Nc1ccccc1)c1ccccc1Cl. The summed E-state index contributed by atoms with van der Waals surface area (Å²) >= 11 is 6.01. The zero-order chi connectivity index (χ0) is 14.6. The van der Waals surface area contributed by atoms with E-state index in [0.717, 1.165) is 0 Å². The third kappa shape index (κ3) is 2.82. The van der Waals surface area contributed by atoms with Gasteiger partial charge in [-0.15, -0.1) is 0 Å². The van der Waals surface area contributed by atoms with E-state index in [1.807, 2.05) is 6.07 Å². The molecule has 2 aromatic rings. The predicted octanol–water partition coefficient (Wildman–Crippen LogP) is 2.77. The van der Waals surface area contributed by atoms with E-state index in [9.17, 15) is 9.90 Å². The maximum absolute atomic E-state index is 12.3. The van der Waals surface area contributed by atoms with Crippen LogP contribution in [0, 0.1) is 0 Å². The van der Waals surface area contributed by atoms with Crippen LogP contribution in [-0.4, -0.2) is 18.1 Å². The minimum absolute atomic E-state index is 0.192. The van der Waals surface area contributed by atoms with E-state index in [1.165, 1.54) is 13.2 Å². The van der Waals surface area contributed by atoms with Crippen LogP contribution in [0.1, 0.15) is 5.56 Å². The molecule has 1 unspecified atom stereocenters. The fourth-order valence-electron chi connectivity index (χ4n) is 1.80. The Hall–Kier alpha value is -1.88. The number of aliphatic hydroxyl groups is 1. The van der Waals surface area contributed by atoms with Gasteiger partial charge in [-0.2, -0.15) is 0 Å². The standard InChI is InChI=1S/C15H14ClNO3/c1-20-15(19,12-9-5-6-10-13(12)16)14(18)17-11-7-3-2-4-8-11/h2-10,19H,1H3,(H,17,18). The fraction of sp³-hybridized carbons (Fsp3) is 0.133.